The molecule has 15 rings (SSSR count). The minimum absolute atomic E-state index is 0.532. The maximum atomic E-state index is 5.66. The molecule has 4 aromatic heterocycles. The smallest absolute Gasteiger partial charge is 0.238 e. The third kappa shape index (κ3) is 6.69. The van der Waals surface area contributed by atoms with Gasteiger partial charge in [-0.3, -0.25) is 4.57 Å². The van der Waals surface area contributed by atoms with Gasteiger partial charge in [-0.1, -0.05) is 231 Å². The van der Waals surface area contributed by atoms with Crippen molar-refractivity contribution in [1.29, 1.82) is 0 Å². The molecular formula is C69H46N6Si. The first-order valence-corrected chi connectivity index (χ1v) is 27.9. The van der Waals surface area contributed by atoms with E-state index in [1.807, 2.05) is 6.07 Å². The van der Waals surface area contributed by atoms with Crippen molar-refractivity contribution in [3.63, 3.8) is 0 Å². The lowest BCUT2D eigenvalue weighted by atomic mass is 10.1. The van der Waals surface area contributed by atoms with E-state index in [1.165, 1.54) is 42.3 Å². The number of rotatable bonds is 9. The normalized spacial score (nSPS) is 11.9. The molecule has 4 heterocycles. The van der Waals surface area contributed by atoms with Crippen LogP contribution in [-0.2, 0) is 0 Å². The molecule has 15 aromatic rings. The van der Waals surface area contributed by atoms with Gasteiger partial charge in [0.25, 0.3) is 0 Å². The minimum Gasteiger partial charge on any atom is -0.309 e. The molecule has 0 fully saturated rings. The summed E-state index contributed by atoms with van der Waals surface area (Å²) in [5.74, 6) is 1.72. The van der Waals surface area contributed by atoms with E-state index in [4.69, 9.17) is 15.0 Å². The van der Waals surface area contributed by atoms with Crippen molar-refractivity contribution in [1.82, 2.24) is 28.7 Å². The number of benzene rings is 11. The average Bonchev–Trinajstić information content (AvgIpc) is 4.18. The zero-order valence-corrected chi connectivity index (χ0v) is 42.2. The van der Waals surface area contributed by atoms with Crippen LogP contribution in [0.25, 0.3) is 106 Å². The Morgan fingerprint density at radius 3 is 1.21 bits per heavy atom. The van der Waals surface area contributed by atoms with Crippen LogP contribution < -0.4 is 20.7 Å². The summed E-state index contributed by atoms with van der Waals surface area (Å²) in [7, 11) is -2.91. The average molecular weight is 987 g/mol. The fourth-order valence-corrected chi connectivity index (χ4v) is 17.0. The lowest BCUT2D eigenvalue weighted by molar-refractivity contribution is 0.950. The quantitative estimate of drug-likeness (QED) is 0.107. The highest BCUT2D eigenvalue weighted by Gasteiger charge is 2.41. The molecule has 356 valence electrons. The third-order valence-electron chi connectivity index (χ3n) is 15.4. The van der Waals surface area contributed by atoms with Gasteiger partial charge in [0.1, 0.15) is 0 Å². The summed E-state index contributed by atoms with van der Waals surface area (Å²) >= 11 is 0. The summed E-state index contributed by atoms with van der Waals surface area (Å²) in [6.45, 7) is 0. The highest BCUT2D eigenvalue weighted by Crippen LogP contribution is 2.41. The van der Waals surface area contributed by atoms with E-state index in [1.54, 1.807) is 0 Å². The molecular weight excluding hydrogens is 941 g/mol. The van der Waals surface area contributed by atoms with E-state index < -0.39 is 8.07 Å². The molecule has 7 heteroatoms. The van der Waals surface area contributed by atoms with E-state index in [0.29, 0.717) is 17.6 Å². The summed E-state index contributed by atoms with van der Waals surface area (Å²) < 4.78 is 7.10. The number of fused-ring (bicyclic) bond motifs is 9. The first kappa shape index (κ1) is 43.6. The van der Waals surface area contributed by atoms with Crippen molar-refractivity contribution in [3.8, 4) is 40.1 Å². The lowest BCUT2D eigenvalue weighted by Gasteiger charge is -2.34. The van der Waals surface area contributed by atoms with Gasteiger partial charge in [0, 0.05) is 49.1 Å². The van der Waals surface area contributed by atoms with E-state index in [-0.39, 0.29) is 0 Å². The van der Waals surface area contributed by atoms with Gasteiger partial charge in [-0.15, -0.1) is 0 Å². The number of nitrogens with zero attached hydrogens (tertiary/aromatic N) is 6. The van der Waals surface area contributed by atoms with Gasteiger partial charge in [0.15, 0.2) is 19.7 Å². The molecule has 0 N–H and O–H groups in total. The minimum atomic E-state index is -2.91. The molecule has 0 amide bonds. The third-order valence-corrected chi connectivity index (χ3v) is 20.2. The van der Waals surface area contributed by atoms with Gasteiger partial charge >= 0.3 is 0 Å². The van der Waals surface area contributed by atoms with Crippen molar-refractivity contribution in [2.75, 3.05) is 0 Å². The summed E-state index contributed by atoms with van der Waals surface area (Å²) in [5.41, 5.74) is 10.5. The monoisotopic (exact) mass is 986 g/mol. The standard InChI is InChI=1S/C69H46N6Si/c1-5-23-47(24-6-1)67-70-68(48-25-21-32-53(45-48)76(50-26-7-2-8-27-50,51-28-9-3-10-29-51)52-30-11-4-12-31-52)72-69(71-67)75-64-44-43-49(73-60-38-17-13-33-54(60)55-34-14-18-39-61(55)73)46-59(64)58-37-22-42-65(66(58)75)74-62-40-19-15-35-56(62)57-36-16-20-41-63(57)74/h1-46H. The Morgan fingerprint density at radius 1 is 0.263 bits per heavy atom. The van der Waals surface area contributed by atoms with Gasteiger partial charge in [-0.25, -0.2) is 4.98 Å². The van der Waals surface area contributed by atoms with E-state index in [2.05, 4.69) is 287 Å². The molecule has 0 aliphatic rings. The van der Waals surface area contributed by atoms with Gasteiger partial charge in [0.2, 0.25) is 5.95 Å². The van der Waals surface area contributed by atoms with Gasteiger partial charge < -0.3 is 9.13 Å². The molecule has 0 aliphatic heterocycles. The SMILES string of the molecule is c1ccc(-c2nc(-c3cccc([Si](c4ccccc4)(c4ccccc4)c4ccccc4)c3)nc(-n3c4ccc(-n5c6ccccc6c6ccccc65)cc4c4cccc(-n5c6ccccc6c6ccccc65)c43)n2)cc1. The molecule has 0 unspecified atom stereocenters. The molecule has 11 aromatic carbocycles. The van der Waals surface area contributed by atoms with Crippen LogP contribution in [0.4, 0.5) is 0 Å². The number of hydrogen-bond acceptors (Lipinski definition) is 3. The van der Waals surface area contributed by atoms with Crippen molar-refractivity contribution < 1.29 is 0 Å². The van der Waals surface area contributed by atoms with Crippen LogP contribution in [0.2, 0.25) is 0 Å². The van der Waals surface area contributed by atoms with Crippen LogP contribution in [0.1, 0.15) is 0 Å². The maximum absolute atomic E-state index is 5.66. The predicted octanol–water partition coefficient (Wildman–Crippen LogP) is 13.9. The van der Waals surface area contributed by atoms with E-state index in [9.17, 15) is 0 Å². The Morgan fingerprint density at radius 2 is 0.671 bits per heavy atom. The molecule has 0 spiro atoms. The number of aromatic nitrogens is 6. The van der Waals surface area contributed by atoms with Crippen molar-refractivity contribution in [2.24, 2.45) is 0 Å². The largest absolute Gasteiger partial charge is 0.309 e. The van der Waals surface area contributed by atoms with Crippen molar-refractivity contribution in [3.05, 3.63) is 279 Å². The summed E-state index contributed by atoms with van der Waals surface area (Å²) in [6, 6.07) is 101. The number of hydrogen-bond donors (Lipinski definition) is 0. The van der Waals surface area contributed by atoms with Gasteiger partial charge in [0.05, 0.1) is 38.8 Å². The Bertz CT molecular complexity index is 4490. The van der Waals surface area contributed by atoms with Crippen LogP contribution in [0.5, 0.6) is 0 Å². The van der Waals surface area contributed by atoms with Crippen molar-refractivity contribution >= 4 is 94.2 Å². The van der Waals surface area contributed by atoms with Crippen molar-refractivity contribution in [2.45, 2.75) is 0 Å². The van der Waals surface area contributed by atoms with Gasteiger partial charge in [-0.2, -0.15) is 9.97 Å². The topological polar surface area (TPSA) is 53.5 Å². The molecule has 0 atom stereocenters. The predicted molar refractivity (Wildman–Crippen MR) is 317 cm³/mol. The Kier molecular flexibility index (Phi) is 10.1. The summed E-state index contributed by atoms with van der Waals surface area (Å²) in [6.07, 6.45) is 0. The molecule has 6 nitrogen and oxygen atoms in total. The molecule has 76 heavy (non-hydrogen) atoms. The maximum Gasteiger partial charge on any atom is 0.238 e. The zero-order valence-electron chi connectivity index (χ0n) is 41.2. The van der Waals surface area contributed by atoms with Gasteiger partial charge in [-0.05, 0) is 69.3 Å². The Balaban J connectivity index is 1.03. The van der Waals surface area contributed by atoms with Crippen LogP contribution in [0.15, 0.2) is 279 Å². The van der Waals surface area contributed by atoms with E-state index in [0.717, 1.165) is 66.4 Å². The van der Waals surface area contributed by atoms with Crippen LogP contribution in [0.3, 0.4) is 0 Å². The first-order chi connectivity index (χ1) is 37.7. The summed E-state index contributed by atoms with van der Waals surface area (Å²) in [5, 5.41) is 12.2. The fraction of sp³-hybridized carbons (Fsp3) is 0. The summed E-state index contributed by atoms with van der Waals surface area (Å²) in [4.78, 5) is 16.6. The second kappa shape index (κ2) is 17.6. The molecule has 0 aliphatic carbocycles. The molecule has 0 saturated heterocycles. The highest BCUT2D eigenvalue weighted by molar-refractivity contribution is 7.19. The second-order valence-electron chi connectivity index (χ2n) is 19.5. The van der Waals surface area contributed by atoms with Crippen LogP contribution >= 0.6 is 0 Å². The lowest BCUT2D eigenvalue weighted by Crippen LogP contribution is -2.74. The molecule has 0 bridgehead atoms. The van der Waals surface area contributed by atoms with E-state index >= 15 is 0 Å². The highest BCUT2D eigenvalue weighted by atomic mass is 28.3. The number of para-hydroxylation sites is 5. The Hall–Kier alpha value is -9.95. The first-order valence-electron chi connectivity index (χ1n) is 25.9. The Labute approximate surface area is 439 Å². The fourth-order valence-electron chi connectivity index (χ4n) is 12.2. The van der Waals surface area contributed by atoms with Crippen LogP contribution in [-0.4, -0.2) is 36.7 Å². The van der Waals surface area contributed by atoms with Crippen LogP contribution in [0, 0.1) is 0 Å². The molecule has 0 radical (unpaired) electrons. The second-order valence-corrected chi connectivity index (χ2v) is 23.3. The zero-order chi connectivity index (χ0) is 50.2. The molecule has 0 saturated carbocycles.